The third kappa shape index (κ3) is 8.40. The van der Waals surface area contributed by atoms with Crippen LogP contribution in [0.5, 0.6) is 0 Å². The van der Waals surface area contributed by atoms with E-state index < -0.39 is 5.89 Å². The zero-order valence-corrected chi connectivity index (χ0v) is 35.0. The Labute approximate surface area is 353 Å². The maximum atomic E-state index is 12.6. The molecule has 0 aliphatic heterocycles. The summed E-state index contributed by atoms with van der Waals surface area (Å²) < 4.78 is 32.9. The van der Waals surface area contributed by atoms with E-state index in [9.17, 15) is 4.39 Å². The van der Waals surface area contributed by atoms with Crippen molar-refractivity contribution in [2.24, 2.45) is 0 Å². The molecular weight excluding hydrogens is 896 g/mol. The van der Waals surface area contributed by atoms with Crippen LogP contribution in [-0.4, -0.2) is 9.97 Å². The summed E-state index contributed by atoms with van der Waals surface area (Å²) in [5.74, 6) is -0.860. The molecule has 4 heterocycles. The third-order valence-corrected chi connectivity index (χ3v) is 10.3. The van der Waals surface area contributed by atoms with Crippen LogP contribution in [0.15, 0.2) is 179 Å². The van der Waals surface area contributed by atoms with E-state index >= 15 is 0 Å². The summed E-state index contributed by atoms with van der Waals surface area (Å²) in [6.07, 6.45) is 5.21. The standard InChI is InChI=1S/C21H17O.C20H16NO.C11H8FN.Ir/c1-21(2,15-8-4-3-5-9-15)16-12-13-18-17-10-6-7-11-19(17)22-20(18)14-16;1-13(2)14-9-10-15-16-6-5-7-17(18-8-3-4-11-21-18)20(16)22-19(15)12-14;12-11-3-1-9(2-4-11)10-5-7-13-8-6-10;/h3-6,8-14H,1-2H3;3-6,8-13H,1-2H3;1-8H;/q2*-1;;/i;13D;;. The second kappa shape index (κ2) is 17.5. The van der Waals surface area contributed by atoms with Gasteiger partial charge in [-0.3, -0.25) is 4.98 Å². The Hall–Kier alpha value is -6.20. The quantitative estimate of drug-likeness (QED) is 0.161. The summed E-state index contributed by atoms with van der Waals surface area (Å²) in [6, 6.07) is 55.3. The molecule has 4 aromatic heterocycles. The normalized spacial score (nSPS) is 11.6. The van der Waals surface area contributed by atoms with Crippen LogP contribution in [0.4, 0.5) is 4.39 Å². The van der Waals surface area contributed by atoms with Gasteiger partial charge in [0.25, 0.3) is 0 Å². The molecule has 0 saturated carbocycles. The first-order chi connectivity index (χ1) is 28.1. The topological polar surface area (TPSA) is 52.1 Å². The molecule has 0 unspecified atom stereocenters. The summed E-state index contributed by atoms with van der Waals surface area (Å²) >= 11 is 0. The molecule has 0 saturated heterocycles. The number of hydrogen-bond acceptors (Lipinski definition) is 4. The number of aromatic nitrogens is 2. The Bertz CT molecular complexity index is 2960. The van der Waals surface area contributed by atoms with Gasteiger partial charge in [-0.05, 0) is 81.9 Å². The van der Waals surface area contributed by atoms with E-state index in [1.807, 2.05) is 86.6 Å². The Balaban J connectivity index is 0.000000138. The fourth-order valence-electron chi connectivity index (χ4n) is 7.02. The van der Waals surface area contributed by atoms with Crippen molar-refractivity contribution in [3.63, 3.8) is 0 Å². The van der Waals surface area contributed by atoms with Crippen LogP contribution in [-0.2, 0) is 25.5 Å². The first-order valence-electron chi connectivity index (χ1n) is 19.4. The van der Waals surface area contributed by atoms with Crippen LogP contribution in [0, 0.1) is 17.9 Å². The number of rotatable bonds is 5. The van der Waals surface area contributed by atoms with Crippen molar-refractivity contribution in [2.45, 2.75) is 39.0 Å². The molecule has 4 nitrogen and oxygen atoms in total. The van der Waals surface area contributed by atoms with Crippen molar-refractivity contribution in [2.75, 3.05) is 0 Å². The number of fused-ring (bicyclic) bond motifs is 6. The largest absolute Gasteiger partial charge is 0.516 e. The second-order valence-electron chi connectivity index (χ2n) is 14.6. The predicted molar refractivity (Wildman–Crippen MR) is 231 cm³/mol. The molecule has 0 aliphatic rings. The Kier molecular flexibility index (Phi) is 11.7. The summed E-state index contributed by atoms with van der Waals surface area (Å²) in [6.45, 7) is 8.26. The van der Waals surface area contributed by atoms with Gasteiger partial charge in [-0.15, -0.1) is 24.3 Å². The van der Waals surface area contributed by atoms with E-state index in [-0.39, 0.29) is 31.3 Å². The fourth-order valence-corrected chi connectivity index (χ4v) is 7.02. The van der Waals surface area contributed by atoms with E-state index in [1.54, 1.807) is 30.7 Å². The maximum Gasteiger partial charge on any atom is 0.123 e. The summed E-state index contributed by atoms with van der Waals surface area (Å²) in [4.78, 5) is 8.32. The summed E-state index contributed by atoms with van der Waals surface area (Å²) in [7, 11) is 0. The minimum Gasteiger partial charge on any atom is -0.516 e. The monoisotopic (exact) mass is 938 g/mol. The molecule has 10 rings (SSSR count). The molecule has 0 spiro atoms. The molecule has 0 fully saturated rings. The van der Waals surface area contributed by atoms with Gasteiger partial charge in [-0.1, -0.05) is 123 Å². The first-order valence-corrected chi connectivity index (χ1v) is 18.9. The number of hydrogen-bond donors (Lipinski definition) is 0. The van der Waals surface area contributed by atoms with Crippen molar-refractivity contribution in [3.05, 3.63) is 205 Å². The second-order valence-corrected chi connectivity index (χ2v) is 14.6. The third-order valence-electron chi connectivity index (χ3n) is 10.3. The van der Waals surface area contributed by atoms with Crippen molar-refractivity contribution < 1.29 is 34.7 Å². The zero-order chi connectivity index (χ0) is 40.3. The van der Waals surface area contributed by atoms with Crippen LogP contribution in [0.1, 0.15) is 51.7 Å². The summed E-state index contributed by atoms with van der Waals surface area (Å²) in [5.41, 5.74) is 10.6. The molecule has 0 N–H and O–H groups in total. The molecule has 0 amide bonds. The average molecular weight is 938 g/mol. The van der Waals surface area contributed by atoms with Crippen molar-refractivity contribution >= 4 is 43.9 Å². The van der Waals surface area contributed by atoms with Crippen LogP contribution in [0.25, 0.3) is 66.3 Å². The molecule has 10 aromatic rings. The van der Waals surface area contributed by atoms with Crippen LogP contribution in [0.3, 0.4) is 0 Å². The SMILES string of the molecule is CC(C)(c1ccccc1)c1ccc2c(c1)oc1c[c-]ccc12.Fc1ccc(-c2ccncc2)cc1.[2H]C(C)(C)c1ccc2c(c1)oc1c(-c3ccccn3)[c-]ccc12.[Ir]. The van der Waals surface area contributed by atoms with Gasteiger partial charge in [-0.2, -0.15) is 18.2 Å². The molecule has 6 aromatic carbocycles. The van der Waals surface area contributed by atoms with Gasteiger partial charge in [0.15, 0.2) is 0 Å². The Morgan fingerprint density at radius 3 is 2.05 bits per heavy atom. The van der Waals surface area contributed by atoms with E-state index in [4.69, 9.17) is 10.2 Å². The summed E-state index contributed by atoms with van der Waals surface area (Å²) in [5, 5.41) is 4.42. The molecule has 0 bridgehead atoms. The van der Waals surface area contributed by atoms with Crippen molar-refractivity contribution in [1.82, 2.24) is 9.97 Å². The van der Waals surface area contributed by atoms with Crippen molar-refractivity contribution in [1.29, 1.82) is 0 Å². The van der Waals surface area contributed by atoms with E-state index in [1.165, 1.54) is 23.3 Å². The van der Waals surface area contributed by atoms with Gasteiger partial charge in [0, 0.05) is 61.8 Å². The Morgan fingerprint density at radius 2 is 1.31 bits per heavy atom. The number of halogens is 1. The molecule has 6 heteroatoms. The van der Waals surface area contributed by atoms with Gasteiger partial charge < -0.3 is 13.8 Å². The molecule has 0 atom stereocenters. The minimum absolute atomic E-state index is 0. The smallest absolute Gasteiger partial charge is 0.123 e. The van der Waals surface area contributed by atoms with E-state index in [2.05, 4.69) is 90.5 Å². The molecular formula is C52H41FIrN2O2-2. The van der Waals surface area contributed by atoms with E-state index in [0.717, 1.165) is 71.8 Å². The number of furan rings is 2. The van der Waals surface area contributed by atoms with Gasteiger partial charge in [0.05, 0.1) is 5.58 Å². The number of nitrogens with zero attached hydrogens (tertiary/aromatic N) is 2. The fraction of sp³-hybridized carbons (Fsp3) is 0.115. The molecule has 58 heavy (non-hydrogen) atoms. The Morgan fingerprint density at radius 1 is 0.638 bits per heavy atom. The van der Waals surface area contributed by atoms with Gasteiger partial charge in [0.1, 0.15) is 17.0 Å². The van der Waals surface area contributed by atoms with Gasteiger partial charge in [-0.25, -0.2) is 4.39 Å². The minimum atomic E-state index is -0.650. The first kappa shape index (κ1) is 38.7. The number of benzene rings is 6. The maximum absolute atomic E-state index is 12.6. The van der Waals surface area contributed by atoms with Crippen LogP contribution < -0.4 is 0 Å². The van der Waals surface area contributed by atoms with E-state index in [0.29, 0.717) is 0 Å². The van der Waals surface area contributed by atoms with Crippen LogP contribution >= 0.6 is 0 Å². The van der Waals surface area contributed by atoms with Crippen molar-refractivity contribution in [3.8, 4) is 22.4 Å². The zero-order valence-electron chi connectivity index (χ0n) is 33.6. The average Bonchev–Trinajstić information content (AvgIpc) is 3.83. The molecule has 289 valence electrons. The number of pyridine rings is 2. The van der Waals surface area contributed by atoms with Crippen LogP contribution in [0.2, 0.25) is 0 Å². The molecule has 1 radical (unpaired) electrons. The van der Waals surface area contributed by atoms with Gasteiger partial charge >= 0.3 is 0 Å². The predicted octanol–water partition coefficient (Wildman–Crippen LogP) is 14.2. The molecule has 0 aliphatic carbocycles. The van der Waals surface area contributed by atoms with Gasteiger partial charge in [0.2, 0.25) is 0 Å².